The molecule has 0 aliphatic carbocycles. The average molecular weight is 279 g/mol. The van der Waals surface area contributed by atoms with E-state index >= 15 is 0 Å². The summed E-state index contributed by atoms with van der Waals surface area (Å²) >= 11 is 0. The van der Waals surface area contributed by atoms with Gasteiger partial charge in [0.2, 0.25) is 0 Å². The molecular weight excluding hydrogens is 266 g/mol. The second kappa shape index (κ2) is 5.18. The summed E-state index contributed by atoms with van der Waals surface area (Å²) in [5.41, 5.74) is 0.720. The lowest BCUT2D eigenvalue weighted by molar-refractivity contribution is -0.181. The number of carbonyl (C=O) groups excluding carboxylic acids is 1. The van der Waals surface area contributed by atoms with E-state index in [9.17, 15) is 22.4 Å². The molecular formula is C11H13F4N3O. The second-order valence-electron chi connectivity index (χ2n) is 4.53. The second-order valence-corrected chi connectivity index (χ2v) is 4.53. The van der Waals surface area contributed by atoms with Crippen molar-refractivity contribution in [3.8, 4) is 0 Å². The minimum atomic E-state index is -4.62. The summed E-state index contributed by atoms with van der Waals surface area (Å²) in [6, 6.07) is 1.68. The van der Waals surface area contributed by atoms with E-state index < -0.39 is 18.3 Å². The normalized spacial score (nSPS) is 20.9. The molecule has 0 bridgehead atoms. The fourth-order valence-corrected chi connectivity index (χ4v) is 2.21. The molecule has 0 radical (unpaired) electrons. The standard InChI is InChI=1S/C11H13F4N3O/c12-9(13)11(14,15)10(19)18-5-1-2-7(6-18)8-3-4-16-17-8/h3-4,7,9H,1-2,5-6H2,(H,16,17). The number of rotatable bonds is 3. The molecule has 2 rings (SSSR count). The van der Waals surface area contributed by atoms with Crippen LogP contribution in [-0.2, 0) is 4.79 Å². The largest absolute Gasteiger partial charge is 0.383 e. The molecule has 1 aromatic heterocycles. The van der Waals surface area contributed by atoms with Gasteiger partial charge in [0.05, 0.1) is 0 Å². The first kappa shape index (κ1) is 13.8. The molecule has 1 fully saturated rings. The Kier molecular flexibility index (Phi) is 3.77. The topological polar surface area (TPSA) is 49.0 Å². The predicted molar refractivity (Wildman–Crippen MR) is 58.1 cm³/mol. The molecule has 1 N–H and O–H groups in total. The molecule has 19 heavy (non-hydrogen) atoms. The summed E-state index contributed by atoms with van der Waals surface area (Å²) in [7, 11) is 0. The first-order chi connectivity index (χ1) is 8.93. The fourth-order valence-electron chi connectivity index (χ4n) is 2.21. The Balaban J connectivity index is 2.07. The number of alkyl halides is 4. The number of hydrogen-bond donors (Lipinski definition) is 1. The summed E-state index contributed by atoms with van der Waals surface area (Å²) in [5, 5.41) is 6.45. The van der Waals surface area contributed by atoms with Crippen molar-refractivity contribution in [2.24, 2.45) is 0 Å². The molecule has 4 nitrogen and oxygen atoms in total. The quantitative estimate of drug-likeness (QED) is 0.860. The van der Waals surface area contributed by atoms with Crippen molar-refractivity contribution in [1.29, 1.82) is 0 Å². The maximum atomic E-state index is 13.0. The molecule has 1 amide bonds. The third-order valence-corrected chi connectivity index (χ3v) is 3.23. The van der Waals surface area contributed by atoms with Gasteiger partial charge < -0.3 is 4.90 Å². The van der Waals surface area contributed by atoms with Crippen LogP contribution < -0.4 is 0 Å². The van der Waals surface area contributed by atoms with Gasteiger partial charge >= 0.3 is 12.3 Å². The van der Waals surface area contributed by atoms with Crippen molar-refractivity contribution >= 4 is 5.91 Å². The third kappa shape index (κ3) is 2.71. The summed E-state index contributed by atoms with van der Waals surface area (Å²) in [5.74, 6) is -6.59. The van der Waals surface area contributed by atoms with Gasteiger partial charge in [0.15, 0.2) is 0 Å². The Bertz CT molecular complexity index is 435. The molecule has 106 valence electrons. The Morgan fingerprint density at radius 3 is 2.84 bits per heavy atom. The maximum Gasteiger partial charge on any atom is 0.383 e. The van der Waals surface area contributed by atoms with Crippen molar-refractivity contribution in [2.45, 2.75) is 31.1 Å². The lowest BCUT2D eigenvalue weighted by Crippen LogP contribution is -2.50. The lowest BCUT2D eigenvalue weighted by Gasteiger charge is -2.34. The van der Waals surface area contributed by atoms with Gasteiger partial charge in [0.25, 0.3) is 5.91 Å². The van der Waals surface area contributed by atoms with Gasteiger partial charge in [-0.1, -0.05) is 0 Å². The monoisotopic (exact) mass is 279 g/mol. The molecule has 8 heteroatoms. The summed E-state index contributed by atoms with van der Waals surface area (Å²) < 4.78 is 50.4. The van der Waals surface area contributed by atoms with Crippen molar-refractivity contribution in [3.63, 3.8) is 0 Å². The number of piperidine rings is 1. The molecule has 1 saturated heterocycles. The first-order valence-corrected chi connectivity index (χ1v) is 5.87. The van der Waals surface area contributed by atoms with Crippen LogP contribution >= 0.6 is 0 Å². The maximum absolute atomic E-state index is 13.0. The van der Waals surface area contributed by atoms with Gasteiger partial charge in [-0.25, -0.2) is 8.78 Å². The molecule has 0 aromatic carbocycles. The van der Waals surface area contributed by atoms with Crippen LogP contribution in [0.1, 0.15) is 24.5 Å². The summed E-state index contributed by atoms with van der Waals surface area (Å²) in [6.45, 7) is 0.0785. The van der Waals surface area contributed by atoms with Crippen LogP contribution in [0.25, 0.3) is 0 Å². The van der Waals surface area contributed by atoms with Crippen LogP contribution in [-0.4, -0.2) is 46.4 Å². The highest BCUT2D eigenvalue weighted by Gasteiger charge is 2.51. The number of nitrogens with zero attached hydrogens (tertiary/aromatic N) is 2. The predicted octanol–water partition coefficient (Wildman–Crippen LogP) is 2.02. The highest BCUT2D eigenvalue weighted by atomic mass is 19.3. The van der Waals surface area contributed by atoms with Gasteiger partial charge in [0.1, 0.15) is 0 Å². The van der Waals surface area contributed by atoms with Crippen molar-refractivity contribution < 1.29 is 22.4 Å². The number of hydrogen-bond acceptors (Lipinski definition) is 2. The summed E-state index contributed by atoms with van der Waals surface area (Å²) in [6.07, 6.45) is -1.27. The van der Waals surface area contributed by atoms with E-state index in [4.69, 9.17) is 0 Å². The minimum absolute atomic E-state index is 0.00331. The number of nitrogens with one attached hydrogen (secondary N) is 1. The van der Waals surface area contributed by atoms with Crippen molar-refractivity contribution in [3.05, 3.63) is 18.0 Å². The van der Waals surface area contributed by atoms with Crippen LogP contribution in [0.5, 0.6) is 0 Å². The molecule has 1 atom stereocenters. The average Bonchev–Trinajstić information content (AvgIpc) is 2.91. The van der Waals surface area contributed by atoms with E-state index in [0.717, 1.165) is 10.6 Å². The zero-order valence-corrected chi connectivity index (χ0v) is 9.95. The zero-order chi connectivity index (χ0) is 14.0. The Morgan fingerprint density at radius 1 is 1.53 bits per heavy atom. The van der Waals surface area contributed by atoms with Crippen molar-refractivity contribution in [1.82, 2.24) is 15.1 Å². The lowest BCUT2D eigenvalue weighted by atomic mass is 9.94. The number of amides is 1. The minimum Gasteiger partial charge on any atom is -0.337 e. The smallest absolute Gasteiger partial charge is 0.337 e. The number of aromatic nitrogens is 2. The number of halogens is 4. The highest BCUT2D eigenvalue weighted by Crippen LogP contribution is 2.30. The molecule has 1 aliphatic heterocycles. The zero-order valence-electron chi connectivity index (χ0n) is 9.95. The molecule has 2 heterocycles. The third-order valence-electron chi connectivity index (χ3n) is 3.23. The van der Waals surface area contributed by atoms with E-state index in [2.05, 4.69) is 10.2 Å². The molecule has 1 unspecified atom stereocenters. The van der Waals surface area contributed by atoms with E-state index in [-0.39, 0.29) is 19.0 Å². The Hall–Kier alpha value is -1.60. The van der Waals surface area contributed by atoms with Crippen LogP contribution in [0.4, 0.5) is 17.6 Å². The van der Waals surface area contributed by atoms with E-state index in [1.807, 2.05) is 0 Å². The van der Waals surface area contributed by atoms with Gasteiger partial charge in [-0.3, -0.25) is 9.89 Å². The SMILES string of the molecule is O=C(N1CCCC(c2ccn[nH]2)C1)C(F)(F)C(F)F. The number of carbonyl (C=O) groups is 1. The number of H-pyrrole nitrogens is 1. The van der Waals surface area contributed by atoms with Crippen LogP contribution in [0.15, 0.2) is 12.3 Å². The van der Waals surface area contributed by atoms with E-state index in [0.29, 0.717) is 12.8 Å². The first-order valence-electron chi connectivity index (χ1n) is 5.87. The highest BCUT2D eigenvalue weighted by molar-refractivity contribution is 5.84. The van der Waals surface area contributed by atoms with Gasteiger partial charge in [0, 0.05) is 30.9 Å². The molecule has 1 aromatic rings. The molecule has 0 spiro atoms. The van der Waals surface area contributed by atoms with Gasteiger partial charge in [-0.15, -0.1) is 0 Å². The van der Waals surface area contributed by atoms with Gasteiger partial charge in [-0.2, -0.15) is 13.9 Å². The molecule has 1 aliphatic rings. The van der Waals surface area contributed by atoms with Crippen molar-refractivity contribution in [2.75, 3.05) is 13.1 Å². The van der Waals surface area contributed by atoms with Crippen LogP contribution in [0.3, 0.4) is 0 Å². The van der Waals surface area contributed by atoms with E-state index in [1.54, 1.807) is 6.07 Å². The Morgan fingerprint density at radius 2 is 2.26 bits per heavy atom. The van der Waals surface area contributed by atoms with Crippen LogP contribution in [0.2, 0.25) is 0 Å². The number of likely N-dealkylation sites (tertiary alicyclic amines) is 1. The van der Waals surface area contributed by atoms with E-state index in [1.165, 1.54) is 6.20 Å². The Labute approximate surface area is 106 Å². The van der Waals surface area contributed by atoms with Gasteiger partial charge in [-0.05, 0) is 18.9 Å². The summed E-state index contributed by atoms with van der Waals surface area (Å²) in [4.78, 5) is 12.3. The molecule has 0 saturated carbocycles. The fraction of sp³-hybridized carbons (Fsp3) is 0.636. The number of aromatic amines is 1. The van der Waals surface area contributed by atoms with Crippen LogP contribution in [0, 0.1) is 0 Å².